The van der Waals surface area contributed by atoms with Crippen molar-refractivity contribution in [3.05, 3.63) is 77.1 Å². The fraction of sp³-hybridized carbons (Fsp3) is 0.438. The van der Waals surface area contributed by atoms with Crippen LogP contribution in [0, 0.1) is 5.92 Å². The summed E-state index contributed by atoms with van der Waals surface area (Å²) in [6, 6.07) is 12.8. The molecule has 4 aromatic rings. The first-order valence-corrected chi connectivity index (χ1v) is 15.0. The number of ether oxygens (including phenoxy) is 1. The summed E-state index contributed by atoms with van der Waals surface area (Å²) in [5.41, 5.74) is 2.97. The number of aliphatic hydroxyl groups is 1. The number of amides is 3. The van der Waals surface area contributed by atoms with E-state index in [-0.39, 0.29) is 36.9 Å². The normalized spacial score (nSPS) is 16.4. The van der Waals surface area contributed by atoms with E-state index in [1.807, 2.05) is 67.8 Å². The van der Waals surface area contributed by atoms with Crippen LogP contribution in [0.2, 0.25) is 0 Å². The molecule has 0 saturated carbocycles. The van der Waals surface area contributed by atoms with E-state index >= 15 is 0 Å². The van der Waals surface area contributed by atoms with Crippen LogP contribution >= 0.6 is 0 Å². The average molecular weight is 601 g/mol. The van der Waals surface area contributed by atoms with Crippen LogP contribution in [0.5, 0.6) is 5.75 Å². The van der Waals surface area contributed by atoms with Crippen LogP contribution in [0.4, 0.5) is 10.6 Å². The molecule has 0 aliphatic heterocycles. The zero-order chi connectivity index (χ0) is 31.4. The van der Waals surface area contributed by atoms with Gasteiger partial charge in [0.25, 0.3) is 5.91 Å². The molecule has 5 rings (SSSR count). The SMILES string of the molecule is CC(C)Cc1nnc2ccc(OC3CCC(NC(=O)Nc4cc(C(C)(C)C)nc(C(=O)NCCO)n4)c4ccccc43)cn12. The number of carbonyl (C=O) groups excluding carboxylic acids is 2. The fourth-order valence-corrected chi connectivity index (χ4v) is 5.24. The lowest BCUT2D eigenvalue weighted by Gasteiger charge is -2.32. The molecule has 0 fully saturated rings. The van der Waals surface area contributed by atoms with Gasteiger partial charge in [-0.3, -0.25) is 14.5 Å². The zero-order valence-electron chi connectivity index (χ0n) is 25.8. The maximum Gasteiger partial charge on any atom is 0.320 e. The molecule has 1 aliphatic rings. The van der Waals surface area contributed by atoms with Crippen molar-refractivity contribution in [2.75, 3.05) is 18.5 Å². The Hall–Kier alpha value is -4.58. The molecule has 0 bridgehead atoms. The molecule has 44 heavy (non-hydrogen) atoms. The van der Waals surface area contributed by atoms with Gasteiger partial charge < -0.3 is 20.5 Å². The number of carbonyl (C=O) groups is 2. The lowest BCUT2D eigenvalue weighted by Crippen LogP contribution is -2.36. The van der Waals surface area contributed by atoms with Crippen molar-refractivity contribution in [2.24, 2.45) is 5.92 Å². The number of aliphatic hydroxyl groups excluding tert-OH is 1. The van der Waals surface area contributed by atoms with Crippen LogP contribution in [0.25, 0.3) is 5.65 Å². The summed E-state index contributed by atoms with van der Waals surface area (Å²) < 4.78 is 8.49. The van der Waals surface area contributed by atoms with Crippen LogP contribution < -0.4 is 20.7 Å². The van der Waals surface area contributed by atoms with Crippen LogP contribution in [-0.4, -0.2) is 54.8 Å². The van der Waals surface area contributed by atoms with Crippen LogP contribution in [-0.2, 0) is 11.8 Å². The Morgan fingerprint density at radius 1 is 1.07 bits per heavy atom. The fourth-order valence-electron chi connectivity index (χ4n) is 5.24. The van der Waals surface area contributed by atoms with Gasteiger partial charge in [-0.25, -0.2) is 14.8 Å². The van der Waals surface area contributed by atoms with Gasteiger partial charge in [-0.2, -0.15) is 0 Å². The molecule has 0 saturated heterocycles. The molecule has 232 valence electrons. The lowest BCUT2D eigenvalue weighted by molar-refractivity contribution is 0.0934. The van der Waals surface area contributed by atoms with Crippen LogP contribution in [0.3, 0.4) is 0 Å². The Kier molecular flexibility index (Phi) is 9.09. The van der Waals surface area contributed by atoms with E-state index in [4.69, 9.17) is 9.84 Å². The van der Waals surface area contributed by atoms with Crippen LogP contribution in [0.15, 0.2) is 48.7 Å². The first-order chi connectivity index (χ1) is 21.0. The molecule has 0 radical (unpaired) electrons. The van der Waals surface area contributed by atoms with E-state index in [1.165, 1.54) is 0 Å². The lowest BCUT2D eigenvalue weighted by atomic mass is 9.85. The smallest absolute Gasteiger partial charge is 0.320 e. The summed E-state index contributed by atoms with van der Waals surface area (Å²) >= 11 is 0. The number of aromatic nitrogens is 5. The van der Waals surface area contributed by atoms with Gasteiger partial charge in [0.05, 0.1) is 24.5 Å². The molecule has 12 nitrogen and oxygen atoms in total. The number of anilines is 1. The molecular weight excluding hydrogens is 560 g/mol. The Morgan fingerprint density at radius 2 is 1.84 bits per heavy atom. The van der Waals surface area contributed by atoms with Crippen molar-refractivity contribution in [3.63, 3.8) is 0 Å². The molecule has 3 amide bonds. The number of benzene rings is 1. The predicted molar refractivity (Wildman–Crippen MR) is 166 cm³/mol. The number of nitrogens with zero attached hydrogens (tertiary/aromatic N) is 5. The van der Waals surface area contributed by atoms with Gasteiger partial charge in [0, 0.05) is 24.4 Å². The second-order valence-electron chi connectivity index (χ2n) is 12.5. The van der Waals surface area contributed by atoms with Gasteiger partial charge in [-0.05, 0) is 42.0 Å². The predicted octanol–water partition coefficient (Wildman–Crippen LogP) is 4.51. The number of nitrogens with one attached hydrogen (secondary N) is 3. The molecule has 12 heteroatoms. The summed E-state index contributed by atoms with van der Waals surface area (Å²) in [7, 11) is 0. The highest BCUT2D eigenvalue weighted by atomic mass is 16.5. The first kappa shape index (κ1) is 30.9. The van der Waals surface area contributed by atoms with Crippen molar-refractivity contribution in [1.82, 2.24) is 35.2 Å². The molecule has 0 spiro atoms. The number of fused-ring (bicyclic) bond motifs is 2. The van der Waals surface area contributed by atoms with Gasteiger partial charge >= 0.3 is 6.03 Å². The van der Waals surface area contributed by atoms with E-state index in [9.17, 15) is 9.59 Å². The summed E-state index contributed by atoms with van der Waals surface area (Å²) in [6.45, 7) is 10.1. The maximum absolute atomic E-state index is 13.2. The molecule has 2 unspecified atom stereocenters. The number of urea groups is 1. The number of pyridine rings is 1. The van der Waals surface area contributed by atoms with E-state index in [1.54, 1.807) is 6.07 Å². The molecule has 3 aromatic heterocycles. The van der Waals surface area contributed by atoms with E-state index < -0.39 is 17.4 Å². The quantitative estimate of drug-likeness (QED) is 0.219. The Labute approximate surface area is 256 Å². The summed E-state index contributed by atoms with van der Waals surface area (Å²) in [4.78, 5) is 34.4. The summed E-state index contributed by atoms with van der Waals surface area (Å²) in [5, 5.41) is 26.1. The highest BCUT2D eigenvalue weighted by Gasteiger charge is 2.30. The second-order valence-corrected chi connectivity index (χ2v) is 12.5. The first-order valence-electron chi connectivity index (χ1n) is 15.0. The minimum absolute atomic E-state index is 0.0749. The van der Waals surface area contributed by atoms with E-state index in [2.05, 4.69) is 50.0 Å². The Bertz CT molecular complexity index is 1650. The van der Waals surface area contributed by atoms with Crippen LogP contribution in [0.1, 0.15) is 92.9 Å². The molecule has 1 aliphatic carbocycles. The topological polar surface area (TPSA) is 156 Å². The van der Waals surface area contributed by atoms with Crippen molar-refractivity contribution < 1.29 is 19.4 Å². The standard InChI is InChI=1S/C32H40N8O4/c1-19(2)16-28-39-38-27-13-10-20(18-40(27)28)44-24-12-11-23(21-8-6-7-9-22(21)24)34-31(43)37-26-17-25(32(3,4)5)35-29(36-26)30(42)33-14-15-41/h6-10,13,17-19,23-24,41H,11-12,14-16H2,1-5H3,(H,33,42)(H2,34,35,36,37,43). The Balaban J connectivity index is 1.31. The second kappa shape index (κ2) is 13.0. The number of hydrogen-bond acceptors (Lipinski definition) is 8. The average Bonchev–Trinajstić information content (AvgIpc) is 3.37. The highest BCUT2D eigenvalue weighted by molar-refractivity contribution is 5.92. The third kappa shape index (κ3) is 7.13. The van der Waals surface area contributed by atoms with E-state index in [0.29, 0.717) is 24.5 Å². The zero-order valence-corrected chi connectivity index (χ0v) is 25.8. The Morgan fingerprint density at radius 3 is 2.57 bits per heavy atom. The third-order valence-electron chi connectivity index (χ3n) is 7.39. The minimum atomic E-state index is -0.527. The summed E-state index contributed by atoms with van der Waals surface area (Å²) in [6.07, 6.45) is 3.92. The molecule has 4 N–H and O–H groups in total. The van der Waals surface area contributed by atoms with Crippen molar-refractivity contribution >= 4 is 23.4 Å². The highest BCUT2D eigenvalue weighted by Crippen LogP contribution is 2.39. The van der Waals surface area contributed by atoms with Gasteiger partial charge in [0.2, 0.25) is 5.82 Å². The van der Waals surface area contributed by atoms with Crippen molar-refractivity contribution in [1.29, 1.82) is 0 Å². The van der Waals surface area contributed by atoms with Gasteiger partial charge in [-0.15, -0.1) is 10.2 Å². The number of hydrogen-bond donors (Lipinski definition) is 4. The van der Waals surface area contributed by atoms with Crippen molar-refractivity contribution in [3.8, 4) is 5.75 Å². The number of rotatable bonds is 9. The molecule has 3 heterocycles. The van der Waals surface area contributed by atoms with Gasteiger partial charge in [-0.1, -0.05) is 58.9 Å². The monoisotopic (exact) mass is 600 g/mol. The molecule has 1 aromatic carbocycles. The third-order valence-corrected chi connectivity index (χ3v) is 7.39. The largest absolute Gasteiger partial charge is 0.484 e. The van der Waals surface area contributed by atoms with Crippen molar-refractivity contribution in [2.45, 2.75) is 71.4 Å². The maximum atomic E-state index is 13.2. The van der Waals surface area contributed by atoms with Gasteiger partial charge in [0.15, 0.2) is 5.65 Å². The molecule has 2 atom stereocenters. The van der Waals surface area contributed by atoms with Gasteiger partial charge in [0.1, 0.15) is 23.5 Å². The summed E-state index contributed by atoms with van der Waals surface area (Å²) in [5.74, 6) is 1.68. The minimum Gasteiger partial charge on any atom is -0.484 e. The van der Waals surface area contributed by atoms with E-state index in [0.717, 1.165) is 34.8 Å². The molecular formula is C32H40N8O4.